The Labute approximate surface area is 107 Å². The molecule has 0 saturated heterocycles. The zero-order valence-corrected chi connectivity index (χ0v) is 10.0. The van der Waals surface area contributed by atoms with E-state index in [1.165, 1.54) is 13.2 Å². The van der Waals surface area contributed by atoms with Crippen LogP contribution >= 0.6 is 11.6 Å². The van der Waals surface area contributed by atoms with Gasteiger partial charge in [0.1, 0.15) is 6.42 Å². The zero-order valence-electron chi connectivity index (χ0n) is 9.27. The van der Waals surface area contributed by atoms with Gasteiger partial charge in [-0.25, -0.2) is 0 Å². The standard InChI is InChI=1S/C12H8ClF3O2/c1-18-11(17)4-2-3-8-5-6-9(10(13)7-8)12(14,15)16/h5-7H,4H2,1H3. The van der Waals surface area contributed by atoms with Gasteiger partial charge >= 0.3 is 12.1 Å². The summed E-state index contributed by atoms with van der Waals surface area (Å²) >= 11 is 5.50. The van der Waals surface area contributed by atoms with Gasteiger partial charge in [0, 0.05) is 5.56 Å². The summed E-state index contributed by atoms with van der Waals surface area (Å²) in [5.74, 6) is 4.49. The normalized spacial score (nSPS) is 10.5. The molecule has 0 saturated carbocycles. The maximum atomic E-state index is 12.4. The molecular weight excluding hydrogens is 269 g/mol. The van der Waals surface area contributed by atoms with Crippen LogP contribution in [-0.2, 0) is 15.7 Å². The number of esters is 1. The Balaban J connectivity index is 2.89. The van der Waals surface area contributed by atoms with Crippen molar-refractivity contribution >= 4 is 17.6 Å². The van der Waals surface area contributed by atoms with Gasteiger partial charge < -0.3 is 4.74 Å². The molecule has 0 bridgehead atoms. The molecule has 0 amide bonds. The SMILES string of the molecule is COC(=O)CC#Cc1ccc(C(F)(F)F)c(Cl)c1. The highest BCUT2D eigenvalue weighted by Crippen LogP contribution is 2.34. The molecule has 0 spiro atoms. The van der Waals surface area contributed by atoms with Gasteiger partial charge in [0.2, 0.25) is 0 Å². The molecule has 6 heteroatoms. The monoisotopic (exact) mass is 276 g/mol. The molecule has 0 aliphatic heterocycles. The van der Waals surface area contributed by atoms with E-state index in [0.717, 1.165) is 12.1 Å². The molecule has 0 N–H and O–H groups in total. The zero-order chi connectivity index (χ0) is 13.8. The average molecular weight is 277 g/mol. The lowest BCUT2D eigenvalue weighted by Crippen LogP contribution is -2.05. The van der Waals surface area contributed by atoms with Crippen molar-refractivity contribution in [2.45, 2.75) is 12.6 Å². The Kier molecular flexibility index (Phi) is 4.62. The van der Waals surface area contributed by atoms with Crippen LogP contribution in [0, 0.1) is 11.8 Å². The molecule has 2 nitrogen and oxygen atoms in total. The summed E-state index contributed by atoms with van der Waals surface area (Å²) in [4.78, 5) is 10.8. The summed E-state index contributed by atoms with van der Waals surface area (Å²) < 4.78 is 41.6. The van der Waals surface area contributed by atoms with E-state index in [1.807, 2.05) is 0 Å². The van der Waals surface area contributed by atoms with Crippen LogP contribution in [-0.4, -0.2) is 13.1 Å². The van der Waals surface area contributed by atoms with Gasteiger partial charge in [-0.05, 0) is 18.2 Å². The van der Waals surface area contributed by atoms with Crippen molar-refractivity contribution in [2.75, 3.05) is 7.11 Å². The van der Waals surface area contributed by atoms with Crippen LogP contribution in [0.4, 0.5) is 13.2 Å². The predicted molar refractivity (Wildman–Crippen MR) is 60.0 cm³/mol. The van der Waals surface area contributed by atoms with Crippen LogP contribution in [0.15, 0.2) is 18.2 Å². The molecule has 1 aromatic rings. The van der Waals surface area contributed by atoms with Gasteiger partial charge in [-0.3, -0.25) is 4.79 Å². The van der Waals surface area contributed by atoms with Crippen LogP contribution < -0.4 is 0 Å². The first-order chi connectivity index (χ1) is 8.34. The first-order valence-electron chi connectivity index (χ1n) is 4.77. The average Bonchev–Trinajstić information content (AvgIpc) is 2.27. The van der Waals surface area contributed by atoms with Gasteiger partial charge in [0.25, 0.3) is 0 Å². The van der Waals surface area contributed by atoms with Crippen molar-refractivity contribution < 1.29 is 22.7 Å². The predicted octanol–water partition coefficient (Wildman–Crippen LogP) is 3.27. The quantitative estimate of drug-likeness (QED) is 0.581. The summed E-state index contributed by atoms with van der Waals surface area (Å²) in [6, 6.07) is 3.15. The van der Waals surface area contributed by atoms with Gasteiger partial charge in [-0.2, -0.15) is 13.2 Å². The van der Waals surface area contributed by atoms with Crippen molar-refractivity contribution in [2.24, 2.45) is 0 Å². The lowest BCUT2D eigenvalue weighted by Gasteiger charge is -2.08. The second kappa shape index (κ2) is 5.78. The number of halogens is 4. The second-order valence-corrected chi connectivity index (χ2v) is 3.65. The Morgan fingerprint density at radius 1 is 1.44 bits per heavy atom. The summed E-state index contributed by atoms with van der Waals surface area (Å²) in [7, 11) is 1.22. The van der Waals surface area contributed by atoms with E-state index < -0.39 is 22.7 Å². The van der Waals surface area contributed by atoms with E-state index in [1.54, 1.807) is 0 Å². The summed E-state index contributed by atoms with van der Waals surface area (Å²) in [6.45, 7) is 0. The van der Waals surface area contributed by atoms with E-state index in [9.17, 15) is 18.0 Å². The molecule has 0 aliphatic carbocycles. The number of carbonyl (C=O) groups is 1. The summed E-state index contributed by atoms with van der Waals surface area (Å²) in [5, 5.41) is -0.424. The maximum Gasteiger partial charge on any atom is 0.417 e. The minimum Gasteiger partial charge on any atom is -0.468 e. The third kappa shape index (κ3) is 3.97. The summed E-state index contributed by atoms with van der Waals surface area (Å²) in [6.07, 6.45) is -4.62. The highest BCUT2D eigenvalue weighted by Gasteiger charge is 2.32. The van der Waals surface area contributed by atoms with E-state index in [0.29, 0.717) is 5.56 Å². The topological polar surface area (TPSA) is 26.3 Å². The Bertz CT molecular complexity index is 512. The number of methoxy groups -OCH3 is 1. The molecule has 1 aromatic carbocycles. The fourth-order valence-corrected chi connectivity index (χ4v) is 1.40. The van der Waals surface area contributed by atoms with Crippen molar-refractivity contribution in [3.8, 4) is 11.8 Å². The lowest BCUT2D eigenvalue weighted by molar-refractivity contribution is -0.139. The molecule has 18 heavy (non-hydrogen) atoms. The van der Waals surface area contributed by atoms with E-state index >= 15 is 0 Å². The summed E-state index contributed by atoms with van der Waals surface area (Å²) in [5.41, 5.74) is -0.611. The number of alkyl halides is 3. The fraction of sp³-hybridized carbons (Fsp3) is 0.250. The van der Waals surface area contributed by atoms with Gasteiger partial charge in [0.15, 0.2) is 0 Å². The molecule has 96 valence electrons. The van der Waals surface area contributed by atoms with Crippen LogP contribution in [0.3, 0.4) is 0 Å². The smallest absolute Gasteiger partial charge is 0.417 e. The van der Waals surface area contributed by atoms with E-state index in [4.69, 9.17) is 11.6 Å². The van der Waals surface area contributed by atoms with Crippen LogP contribution in [0.25, 0.3) is 0 Å². The van der Waals surface area contributed by atoms with Gasteiger partial charge in [-0.15, -0.1) is 0 Å². The molecule has 1 rings (SSSR count). The van der Waals surface area contributed by atoms with Crippen molar-refractivity contribution in [3.05, 3.63) is 34.3 Å². The number of rotatable bonds is 1. The molecule has 0 fully saturated rings. The van der Waals surface area contributed by atoms with Crippen LogP contribution in [0.1, 0.15) is 17.5 Å². The number of ether oxygens (including phenoxy) is 1. The Morgan fingerprint density at radius 2 is 2.11 bits per heavy atom. The molecule has 0 heterocycles. The first kappa shape index (κ1) is 14.4. The van der Waals surface area contributed by atoms with Crippen molar-refractivity contribution in [1.82, 2.24) is 0 Å². The number of hydrogen-bond acceptors (Lipinski definition) is 2. The van der Waals surface area contributed by atoms with Crippen molar-refractivity contribution in [3.63, 3.8) is 0 Å². The molecule has 0 atom stereocenters. The molecule has 0 aromatic heterocycles. The van der Waals surface area contributed by atoms with E-state index in [2.05, 4.69) is 16.6 Å². The van der Waals surface area contributed by atoms with E-state index in [-0.39, 0.29) is 6.42 Å². The third-order valence-electron chi connectivity index (χ3n) is 1.97. The van der Waals surface area contributed by atoms with Gasteiger partial charge in [-0.1, -0.05) is 23.4 Å². The molecular formula is C12H8ClF3O2. The number of hydrogen-bond donors (Lipinski definition) is 0. The van der Waals surface area contributed by atoms with Crippen molar-refractivity contribution in [1.29, 1.82) is 0 Å². The van der Waals surface area contributed by atoms with Gasteiger partial charge in [0.05, 0.1) is 17.7 Å². The molecule has 0 unspecified atom stereocenters. The minimum absolute atomic E-state index is 0.130. The fourth-order valence-electron chi connectivity index (χ4n) is 1.11. The number of carbonyl (C=O) groups excluding carboxylic acids is 1. The molecule has 0 aliphatic rings. The van der Waals surface area contributed by atoms with Crippen LogP contribution in [0.2, 0.25) is 5.02 Å². The Hall–Kier alpha value is -1.67. The maximum absolute atomic E-state index is 12.4. The highest BCUT2D eigenvalue weighted by atomic mass is 35.5. The molecule has 0 radical (unpaired) electrons. The minimum atomic E-state index is -4.49. The first-order valence-corrected chi connectivity index (χ1v) is 5.15. The second-order valence-electron chi connectivity index (χ2n) is 3.25. The third-order valence-corrected chi connectivity index (χ3v) is 2.28. The van der Waals surface area contributed by atoms with Crippen LogP contribution in [0.5, 0.6) is 0 Å². The largest absolute Gasteiger partial charge is 0.468 e. The highest BCUT2D eigenvalue weighted by molar-refractivity contribution is 6.31. The number of benzene rings is 1. The Morgan fingerprint density at radius 3 is 2.61 bits per heavy atom. The lowest BCUT2D eigenvalue weighted by atomic mass is 10.1.